The van der Waals surface area contributed by atoms with Crippen LogP contribution in [0.3, 0.4) is 0 Å². The van der Waals surface area contributed by atoms with Crippen LogP contribution in [0.2, 0.25) is 0 Å². The van der Waals surface area contributed by atoms with E-state index in [2.05, 4.69) is 31.1 Å². The lowest BCUT2D eigenvalue weighted by molar-refractivity contribution is 0.0884. The number of nitriles is 1. The summed E-state index contributed by atoms with van der Waals surface area (Å²) >= 11 is 0. The third kappa shape index (κ3) is 3.55. The number of aromatic nitrogens is 3. The molecule has 6 heteroatoms. The first-order valence-electron chi connectivity index (χ1n) is 7.14. The first-order valence-corrected chi connectivity index (χ1v) is 7.14. The third-order valence-corrected chi connectivity index (χ3v) is 3.67. The Morgan fingerprint density at radius 1 is 1.50 bits per heavy atom. The van der Waals surface area contributed by atoms with Crippen LogP contribution in [-0.2, 0) is 13.6 Å². The van der Waals surface area contributed by atoms with Gasteiger partial charge in [0.15, 0.2) is 0 Å². The molecule has 2 rings (SSSR count). The molecule has 0 radical (unpaired) electrons. The van der Waals surface area contributed by atoms with Gasteiger partial charge in [-0.3, -0.25) is 4.79 Å². The van der Waals surface area contributed by atoms with E-state index in [1.54, 1.807) is 36.4 Å². The van der Waals surface area contributed by atoms with Crippen LogP contribution in [0.5, 0.6) is 0 Å². The molecule has 0 spiro atoms. The van der Waals surface area contributed by atoms with Gasteiger partial charge in [0.1, 0.15) is 11.8 Å². The summed E-state index contributed by atoms with van der Waals surface area (Å²) in [5.74, 6) is -0.177. The van der Waals surface area contributed by atoms with Crippen molar-refractivity contribution in [2.24, 2.45) is 12.5 Å². The van der Waals surface area contributed by atoms with Crippen LogP contribution in [0.15, 0.2) is 31.0 Å². The lowest BCUT2D eigenvalue weighted by Crippen LogP contribution is -2.46. The predicted octanol–water partition coefficient (Wildman–Crippen LogP) is 1.94. The number of nitrogens with one attached hydrogen (secondary N) is 1. The zero-order valence-corrected chi connectivity index (χ0v) is 13.4. The average Bonchev–Trinajstić information content (AvgIpc) is 3.06. The average molecular weight is 299 g/mol. The maximum Gasteiger partial charge on any atom is 0.268 e. The molecule has 1 amide bonds. The van der Waals surface area contributed by atoms with Gasteiger partial charge in [-0.05, 0) is 11.5 Å². The van der Waals surface area contributed by atoms with Gasteiger partial charge >= 0.3 is 0 Å². The zero-order valence-electron chi connectivity index (χ0n) is 13.4. The fraction of sp³-hybridized carbons (Fsp3) is 0.438. The Morgan fingerprint density at radius 2 is 2.23 bits per heavy atom. The molecule has 0 aliphatic heterocycles. The molecule has 0 aliphatic carbocycles. The Labute approximate surface area is 130 Å². The van der Waals surface area contributed by atoms with Crippen molar-refractivity contribution in [3.8, 4) is 6.07 Å². The fourth-order valence-electron chi connectivity index (χ4n) is 2.23. The number of aryl methyl sites for hydroxylation is 1. The molecular weight excluding hydrogens is 278 g/mol. The number of hydrogen-bond acceptors (Lipinski definition) is 3. The van der Waals surface area contributed by atoms with E-state index in [0.717, 1.165) is 0 Å². The highest BCUT2D eigenvalue weighted by atomic mass is 16.2. The summed E-state index contributed by atoms with van der Waals surface area (Å²) in [6.07, 6.45) is 6.98. The van der Waals surface area contributed by atoms with Gasteiger partial charge in [-0.25, -0.2) is 4.98 Å². The number of carbonyl (C=O) groups excluding carboxylic acids is 1. The molecule has 0 unspecified atom stereocenters. The van der Waals surface area contributed by atoms with Crippen LogP contribution in [-0.4, -0.2) is 26.1 Å². The van der Waals surface area contributed by atoms with E-state index in [-0.39, 0.29) is 17.4 Å². The zero-order chi connectivity index (χ0) is 16.3. The number of rotatable bonds is 4. The summed E-state index contributed by atoms with van der Waals surface area (Å²) in [7, 11) is 1.76. The molecular formula is C16H21N5O. The van der Waals surface area contributed by atoms with Gasteiger partial charge in [0.25, 0.3) is 5.91 Å². The van der Waals surface area contributed by atoms with Crippen LogP contribution in [0.4, 0.5) is 0 Å². The van der Waals surface area contributed by atoms with Crippen LogP contribution >= 0.6 is 0 Å². The summed E-state index contributed by atoms with van der Waals surface area (Å²) in [6.45, 7) is 6.90. The summed E-state index contributed by atoms with van der Waals surface area (Å²) in [6, 6.07) is 3.59. The molecule has 22 heavy (non-hydrogen) atoms. The molecule has 0 aliphatic rings. The molecule has 1 atom stereocenters. The van der Waals surface area contributed by atoms with E-state index in [1.165, 1.54) is 0 Å². The molecule has 6 nitrogen and oxygen atoms in total. The second kappa shape index (κ2) is 6.06. The first-order chi connectivity index (χ1) is 10.3. The van der Waals surface area contributed by atoms with Crippen molar-refractivity contribution < 1.29 is 4.79 Å². The molecule has 1 N–H and O–H groups in total. The Morgan fingerprint density at radius 3 is 2.73 bits per heavy atom. The highest BCUT2D eigenvalue weighted by Crippen LogP contribution is 2.21. The number of imidazole rings is 1. The van der Waals surface area contributed by atoms with Crippen molar-refractivity contribution in [1.82, 2.24) is 19.4 Å². The summed E-state index contributed by atoms with van der Waals surface area (Å²) in [4.78, 5) is 16.5. The van der Waals surface area contributed by atoms with Crippen LogP contribution in [0.1, 0.15) is 36.8 Å². The molecule has 2 heterocycles. The standard InChI is InChI=1S/C16H21N5O/c1-16(2,3)14(10-21-6-5-18-11-21)19-15(22)13-7-12(8-17)9-20(13)4/h5-7,9,11,14H,10H2,1-4H3,(H,19,22)/t14-/m1/s1. The lowest BCUT2D eigenvalue weighted by Gasteiger charge is -2.31. The van der Waals surface area contributed by atoms with Gasteiger partial charge in [-0.1, -0.05) is 20.8 Å². The highest BCUT2D eigenvalue weighted by molar-refractivity contribution is 5.93. The molecule has 0 aromatic carbocycles. The molecule has 2 aromatic heterocycles. The van der Waals surface area contributed by atoms with Crippen LogP contribution in [0, 0.1) is 16.7 Å². The summed E-state index contributed by atoms with van der Waals surface area (Å²) < 4.78 is 3.62. The van der Waals surface area contributed by atoms with Crippen LogP contribution < -0.4 is 5.32 Å². The Hall–Kier alpha value is -2.55. The van der Waals surface area contributed by atoms with E-state index in [1.807, 2.05) is 16.8 Å². The number of nitrogens with zero attached hydrogens (tertiary/aromatic N) is 4. The maximum absolute atomic E-state index is 12.5. The van der Waals surface area contributed by atoms with Gasteiger partial charge in [0, 0.05) is 32.2 Å². The largest absolute Gasteiger partial charge is 0.346 e. The fourth-order valence-corrected chi connectivity index (χ4v) is 2.23. The predicted molar refractivity (Wildman–Crippen MR) is 83.1 cm³/mol. The molecule has 0 saturated carbocycles. The van der Waals surface area contributed by atoms with E-state index in [9.17, 15) is 4.79 Å². The Bertz CT molecular complexity index is 685. The van der Waals surface area contributed by atoms with Crippen LogP contribution in [0.25, 0.3) is 0 Å². The van der Waals surface area contributed by atoms with Crippen molar-refractivity contribution in [3.63, 3.8) is 0 Å². The molecule has 0 fully saturated rings. The Balaban J connectivity index is 2.17. The second-order valence-corrected chi connectivity index (χ2v) is 6.49. The number of hydrogen-bond donors (Lipinski definition) is 1. The van der Waals surface area contributed by atoms with E-state index in [0.29, 0.717) is 17.8 Å². The van der Waals surface area contributed by atoms with Gasteiger partial charge < -0.3 is 14.5 Å². The molecule has 2 aromatic rings. The van der Waals surface area contributed by atoms with Crippen molar-refractivity contribution in [3.05, 3.63) is 42.2 Å². The smallest absolute Gasteiger partial charge is 0.268 e. The van der Waals surface area contributed by atoms with Crippen molar-refractivity contribution in [1.29, 1.82) is 5.26 Å². The summed E-state index contributed by atoms with van der Waals surface area (Å²) in [5.41, 5.74) is 0.856. The molecule has 0 bridgehead atoms. The normalized spacial score (nSPS) is 12.7. The van der Waals surface area contributed by atoms with Crippen molar-refractivity contribution in [2.45, 2.75) is 33.4 Å². The maximum atomic E-state index is 12.5. The SMILES string of the molecule is Cn1cc(C#N)cc1C(=O)N[C@H](Cn1ccnc1)C(C)(C)C. The number of amides is 1. The second-order valence-electron chi connectivity index (χ2n) is 6.49. The van der Waals surface area contributed by atoms with Gasteiger partial charge in [0.05, 0.1) is 17.9 Å². The van der Waals surface area contributed by atoms with E-state index >= 15 is 0 Å². The Kier molecular flexibility index (Phi) is 4.36. The van der Waals surface area contributed by atoms with E-state index < -0.39 is 0 Å². The minimum Gasteiger partial charge on any atom is -0.346 e. The quantitative estimate of drug-likeness (QED) is 0.937. The monoisotopic (exact) mass is 299 g/mol. The minimum atomic E-state index is -0.177. The van der Waals surface area contributed by atoms with Gasteiger partial charge in [0.2, 0.25) is 0 Å². The van der Waals surface area contributed by atoms with E-state index in [4.69, 9.17) is 5.26 Å². The van der Waals surface area contributed by atoms with Crippen molar-refractivity contribution >= 4 is 5.91 Å². The summed E-state index contributed by atoms with van der Waals surface area (Å²) in [5, 5.41) is 12.0. The minimum absolute atomic E-state index is 0.0605. The topological polar surface area (TPSA) is 75.6 Å². The lowest BCUT2D eigenvalue weighted by atomic mass is 9.86. The molecule has 0 saturated heterocycles. The first kappa shape index (κ1) is 15.8. The van der Waals surface area contributed by atoms with Gasteiger partial charge in [-0.15, -0.1) is 0 Å². The highest BCUT2D eigenvalue weighted by Gasteiger charge is 2.27. The number of carbonyl (C=O) groups is 1. The van der Waals surface area contributed by atoms with Gasteiger partial charge in [-0.2, -0.15) is 5.26 Å². The molecule has 116 valence electrons. The third-order valence-electron chi connectivity index (χ3n) is 3.67. The van der Waals surface area contributed by atoms with Crippen molar-refractivity contribution in [2.75, 3.05) is 0 Å².